The van der Waals surface area contributed by atoms with Crippen molar-refractivity contribution in [2.75, 3.05) is 6.61 Å². The average molecular weight is 234 g/mol. The summed E-state index contributed by atoms with van der Waals surface area (Å²) in [5.41, 5.74) is 0.309. The molecule has 17 heavy (non-hydrogen) atoms. The van der Waals surface area contributed by atoms with E-state index in [1.807, 2.05) is 0 Å². The van der Waals surface area contributed by atoms with Crippen LogP contribution in [0.15, 0.2) is 24.4 Å². The highest BCUT2D eigenvalue weighted by atomic mass is 16.6. The molecule has 1 N–H and O–H groups in total. The van der Waals surface area contributed by atoms with Gasteiger partial charge in [0.25, 0.3) is 5.69 Å². The van der Waals surface area contributed by atoms with Gasteiger partial charge in [0.2, 0.25) is 0 Å². The number of hydrogen-bond donors (Lipinski definition) is 1. The number of nitrogens with zero attached hydrogens (tertiary/aromatic N) is 1. The van der Waals surface area contributed by atoms with E-state index < -0.39 is 10.9 Å². The number of aromatic amines is 1. The second kappa shape index (κ2) is 4.25. The molecule has 0 fully saturated rings. The first-order valence-corrected chi connectivity index (χ1v) is 5.06. The van der Waals surface area contributed by atoms with Crippen molar-refractivity contribution in [2.24, 2.45) is 0 Å². The van der Waals surface area contributed by atoms with E-state index in [0.29, 0.717) is 16.5 Å². The Morgan fingerprint density at radius 1 is 1.53 bits per heavy atom. The number of aromatic nitrogens is 1. The highest BCUT2D eigenvalue weighted by Crippen LogP contribution is 2.23. The van der Waals surface area contributed by atoms with Gasteiger partial charge >= 0.3 is 5.97 Å². The summed E-state index contributed by atoms with van der Waals surface area (Å²) in [6.07, 6.45) is 1.55. The van der Waals surface area contributed by atoms with Gasteiger partial charge in [0, 0.05) is 29.1 Å². The lowest BCUT2D eigenvalue weighted by molar-refractivity contribution is -0.384. The van der Waals surface area contributed by atoms with E-state index in [9.17, 15) is 14.9 Å². The van der Waals surface area contributed by atoms with Gasteiger partial charge in [-0.3, -0.25) is 10.1 Å². The van der Waals surface area contributed by atoms with Crippen molar-refractivity contribution in [3.63, 3.8) is 0 Å². The summed E-state index contributed by atoms with van der Waals surface area (Å²) in [6.45, 7) is 2.00. The number of benzene rings is 1. The van der Waals surface area contributed by atoms with Crippen LogP contribution in [0.4, 0.5) is 5.69 Å². The molecule has 0 bridgehead atoms. The van der Waals surface area contributed by atoms with E-state index in [4.69, 9.17) is 4.74 Å². The van der Waals surface area contributed by atoms with Gasteiger partial charge in [-0.25, -0.2) is 4.79 Å². The number of nitrogens with one attached hydrogen (secondary N) is 1. The van der Waals surface area contributed by atoms with Crippen molar-refractivity contribution in [1.29, 1.82) is 0 Å². The second-order valence-corrected chi connectivity index (χ2v) is 3.41. The fourth-order valence-electron chi connectivity index (χ4n) is 1.61. The molecule has 2 rings (SSSR count). The van der Waals surface area contributed by atoms with Crippen molar-refractivity contribution >= 4 is 22.4 Å². The monoisotopic (exact) mass is 234 g/mol. The van der Waals surface area contributed by atoms with Crippen LogP contribution in [-0.4, -0.2) is 22.5 Å². The van der Waals surface area contributed by atoms with Crippen LogP contribution in [0.25, 0.3) is 10.8 Å². The van der Waals surface area contributed by atoms with E-state index in [1.54, 1.807) is 13.1 Å². The van der Waals surface area contributed by atoms with Crippen LogP contribution in [0.3, 0.4) is 0 Å². The molecular formula is C11H10N2O4. The Morgan fingerprint density at radius 3 is 2.94 bits per heavy atom. The minimum Gasteiger partial charge on any atom is -0.461 e. The predicted octanol–water partition coefficient (Wildman–Crippen LogP) is 2.25. The summed E-state index contributed by atoms with van der Waals surface area (Å²) < 4.78 is 4.87. The summed E-state index contributed by atoms with van der Waals surface area (Å²) in [7, 11) is 0. The van der Waals surface area contributed by atoms with Crippen molar-refractivity contribution < 1.29 is 14.5 Å². The molecule has 0 atom stereocenters. The zero-order valence-corrected chi connectivity index (χ0v) is 9.10. The maximum absolute atomic E-state index is 11.6. The standard InChI is InChI=1S/C11H10N2O4/c1-2-17-11(14)10-9-4-3-8(13(15)16)5-7(9)6-12-10/h3-6,12H,2H2,1H3. The molecule has 6 nitrogen and oxygen atoms in total. The predicted molar refractivity (Wildman–Crippen MR) is 60.9 cm³/mol. The average Bonchev–Trinajstić information content (AvgIpc) is 2.71. The lowest BCUT2D eigenvalue weighted by Crippen LogP contribution is -2.05. The minimum atomic E-state index is -0.476. The molecule has 88 valence electrons. The molecule has 0 unspecified atom stereocenters. The zero-order valence-electron chi connectivity index (χ0n) is 9.10. The molecule has 1 aromatic heterocycles. The number of rotatable bonds is 3. The topological polar surface area (TPSA) is 85.2 Å². The van der Waals surface area contributed by atoms with Gasteiger partial charge in [-0.05, 0) is 13.0 Å². The number of nitro groups is 1. The Balaban J connectivity index is 2.48. The fraction of sp³-hybridized carbons (Fsp3) is 0.182. The first-order chi connectivity index (χ1) is 8.13. The summed E-state index contributed by atoms with van der Waals surface area (Å²) in [5.74, 6) is -0.462. The van der Waals surface area contributed by atoms with E-state index in [0.717, 1.165) is 0 Å². The smallest absolute Gasteiger partial charge is 0.355 e. The third-order valence-corrected chi connectivity index (χ3v) is 2.37. The van der Waals surface area contributed by atoms with E-state index in [1.165, 1.54) is 18.2 Å². The highest BCUT2D eigenvalue weighted by Gasteiger charge is 2.15. The molecule has 0 aliphatic carbocycles. The first kappa shape index (κ1) is 11.1. The van der Waals surface area contributed by atoms with Crippen molar-refractivity contribution in [3.05, 3.63) is 40.2 Å². The number of fused-ring (bicyclic) bond motifs is 1. The van der Waals surface area contributed by atoms with Crippen LogP contribution >= 0.6 is 0 Å². The number of carbonyl (C=O) groups excluding carboxylic acids is 1. The number of esters is 1. The Labute approximate surface area is 96.3 Å². The SMILES string of the molecule is CCOC(=O)c1[nH]cc2cc([N+](=O)[O-])ccc12. The third-order valence-electron chi connectivity index (χ3n) is 2.37. The summed E-state index contributed by atoms with van der Waals surface area (Å²) in [6, 6.07) is 4.31. The Morgan fingerprint density at radius 2 is 2.29 bits per heavy atom. The highest BCUT2D eigenvalue weighted by molar-refractivity contribution is 6.03. The van der Waals surface area contributed by atoms with Crippen LogP contribution < -0.4 is 0 Å². The Bertz CT molecular complexity index is 588. The third kappa shape index (κ3) is 1.96. The molecule has 6 heteroatoms. The molecule has 0 aliphatic rings. The maximum Gasteiger partial charge on any atom is 0.355 e. The van der Waals surface area contributed by atoms with E-state index in [2.05, 4.69) is 4.98 Å². The quantitative estimate of drug-likeness (QED) is 0.501. The van der Waals surface area contributed by atoms with Crippen LogP contribution in [0, 0.1) is 10.1 Å². The number of ether oxygens (including phenoxy) is 1. The fourth-order valence-corrected chi connectivity index (χ4v) is 1.61. The largest absolute Gasteiger partial charge is 0.461 e. The molecule has 0 saturated carbocycles. The number of H-pyrrole nitrogens is 1. The van der Waals surface area contributed by atoms with Crippen LogP contribution in [-0.2, 0) is 4.74 Å². The number of hydrogen-bond acceptors (Lipinski definition) is 4. The van der Waals surface area contributed by atoms with Crippen molar-refractivity contribution in [3.8, 4) is 0 Å². The van der Waals surface area contributed by atoms with Gasteiger partial charge in [-0.15, -0.1) is 0 Å². The van der Waals surface area contributed by atoms with Gasteiger partial charge in [-0.2, -0.15) is 0 Å². The Kier molecular flexibility index (Phi) is 2.78. The number of non-ortho nitro benzene ring substituents is 1. The van der Waals surface area contributed by atoms with Crippen LogP contribution in [0.1, 0.15) is 17.4 Å². The summed E-state index contributed by atoms with van der Waals surface area (Å²) in [5, 5.41) is 11.8. The van der Waals surface area contributed by atoms with Gasteiger partial charge in [0.05, 0.1) is 11.5 Å². The summed E-state index contributed by atoms with van der Waals surface area (Å²) >= 11 is 0. The van der Waals surface area contributed by atoms with E-state index in [-0.39, 0.29) is 12.3 Å². The van der Waals surface area contributed by atoms with Gasteiger partial charge in [0.15, 0.2) is 0 Å². The molecule has 0 radical (unpaired) electrons. The lowest BCUT2D eigenvalue weighted by atomic mass is 10.1. The molecule has 0 aliphatic heterocycles. The maximum atomic E-state index is 11.6. The molecule has 2 aromatic rings. The molecule has 0 spiro atoms. The van der Waals surface area contributed by atoms with Crippen LogP contribution in [0.2, 0.25) is 0 Å². The second-order valence-electron chi connectivity index (χ2n) is 3.41. The molecular weight excluding hydrogens is 224 g/mol. The van der Waals surface area contributed by atoms with E-state index >= 15 is 0 Å². The Hall–Kier alpha value is -2.37. The normalized spacial score (nSPS) is 10.4. The first-order valence-electron chi connectivity index (χ1n) is 5.06. The minimum absolute atomic E-state index is 0.00749. The van der Waals surface area contributed by atoms with Gasteiger partial charge in [0.1, 0.15) is 5.69 Å². The summed E-state index contributed by atoms with van der Waals surface area (Å²) in [4.78, 5) is 24.4. The molecule has 1 aromatic carbocycles. The number of nitro benzene ring substituents is 1. The van der Waals surface area contributed by atoms with Crippen molar-refractivity contribution in [1.82, 2.24) is 4.98 Å². The van der Waals surface area contributed by atoms with Gasteiger partial charge in [-0.1, -0.05) is 0 Å². The molecule has 0 amide bonds. The lowest BCUT2D eigenvalue weighted by Gasteiger charge is -1.99. The number of carbonyl (C=O) groups is 1. The van der Waals surface area contributed by atoms with Gasteiger partial charge < -0.3 is 9.72 Å². The zero-order chi connectivity index (χ0) is 12.4. The van der Waals surface area contributed by atoms with Crippen LogP contribution in [0.5, 0.6) is 0 Å². The van der Waals surface area contributed by atoms with Crippen molar-refractivity contribution in [2.45, 2.75) is 6.92 Å². The molecule has 0 saturated heterocycles. The molecule has 1 heterocycles.